The Labute approximate surface area is 91.9 Å². The van der Waals surface area contributed by atoms with Crippen molar-refractivity contribution in [3.63, 3.8) is 0 Å². The predicted molar refractivity (Wildman–Crippen MR) is 63.2 cm³/mol. The Kier molecular flexibility index (Phi) is 5.12. The van der Waals surface area contributed by atoms with Gasteiger partial charge in [0.25, 0.3) is 0 Å². The number of ether oxygens (including phenoxy) is 1. The molecule has 15 heavy (non-hydrogen) atoms. The lowest BCUT2D eigenvalue weighted by Gasteiger charge is -2.11. The van der Waals surface area contributed by atoms with Gasteiger partial charge >= 0.3 is 0 Å². The van der Waals surface area contributed by atoms with E-state index >= 15 is 0 Å². The molecule has 0 aliphatic carbocycles. The summed E-state index contributed by atoms with van der Waals surface area (Å²) in [6.07, 6.45) is 4.80. The van der Waals surface area contributed by atoms with Crippen LogP contribution < -0.4 is 5.32 Å². The summed E-state index contributed by atoms with van der Waals surface area (Å²) in [5, 5.41) is 3.39. The van der Waals surface area contributed by atoms with Crippen LogP contribution in [0.25, 0.3) is 0 Å². The molecule has 2 heterocycles. The number of aryl methyl sites for hydroxylation is 1. The number of pyridine rings is 1. The van der Waals surface area contributed by atoms with Crippen LogP contribution in [0.15, 0.2) is 18.5 Å². The summed E-state index contributed by atoms with van der Waals surface area (Å²) in [4.78, 5) is 4.12. The van der Waals surface area contributed by atoms with Crippen LogP contribution >= 0.6 is 0 Å². The first kappa shape index (κ1) is 12.0. The molecule has 1 aliphatic heterocycles. The van der Waals surface area contributed by atoms with E-state index in [-0.39, 0.29) is 0 Å². The van der Waals surface area contributed by atoms with Gasteiger partial charge in [-0.2, -0.15) is 0 Å². The van der Waals surface area contributed by atoms with Gasteiger partial charge in [0.05, 0.1) is 18.3 Å². The zero-order chi connectivity index (χ0) is 11.1. The van der Waals surface area contributed by atoms with Crippen molar-refractivity contribution in [1.82, 2.24) is 4.98 Å². The maximum Gasteiger partial charge on any atom is 0.0668 e. The van der Waals surface area contributed by atoms with Gasteiger partial charge in [0.2, 0.25) is 0 Å². The van der Waals surface area contributed by atoms with Crippen LogP contribution in [0.5, 0.6) is 0 Å². The predicted octanol–water partition coefficient (Wildman–Crippen LogP) is 2.62. The van der Waals surface area contributed by atoms with Gasteiger partial charge in [-0.3, -0.25) is 4.98 Å². The summed E-state index contributed by atoms with van der Waals surface area (Å²) in [6.45, 7) is 7.73. The summed E-state index contributed by atoms with van der Waals surface area (Å²) in [7, 11) is 0. The Morgan fingerprint density at radius 2 is 2.20 bits per heavy atom. The van der Waals surface area contributed by atoms with Crippen LogP contribution in [-0.4, -0.2) is 24.2 Å². The molecule has 1 aromatic rings. The van der Waals surface area contributed by atoms with Crippen molar-refractivity contribution < 1.29 is 4.74 Å². The van der Waals surface area contributed by atoms with Crippen molar-refractivity contribution >= 4 is 5.69 Å². The van der Waals surface area contributed by atoms with Crippen LogP contribution in [0.2, 0.25) is 0 Å². The second kappa shape index (κ2) is 6.40. The SMILES string of the molecule is CC.Cc1cncc(NC2CCOC2)c1. The van der Waals surface area contributed by atoms with E-state index in [1.54, 1.807) is 0 Å². The highest BCUT2D eigenvalue weighted by Crippen LogP contribution is 2.13. The second-order valence-corrected chi connectivity index (χ2v) is 3.46. The van der Waals surface area contributed by atoms with Gasteiger partial charge in [0.1, 0.15) is 0 Å². The molecule has 3 heteroatoms. The van der Waals surface area contributed by atoms with Crippen LogP contribution in [-0.2, 0) is 4.74 Å². The molecule has 1 aromatic heterocycles. The molecule has 2 rings (SSSR count). The fourth-order valence-electron chi connectivity index (χ4n) is 1.52. The molecular weight excluding hydrogens is 188 g/mol. The number of anilines is 1. The zero-order valence-corrected chi connectivity index (χ0v) is 9.79. The lowest BCUT2D eigenvalue weighted by atomic mass is 10.2. The molecule has 0 spiro atoms. The van der Waals surface area contributed by atoms with Crippen LogP contribution in [0.1, 0.15) is 25.8 Å². The zero-order valence-electron chi connectivity index (χ0n) is 9.79. The third-order valence-electron chi connectivity index (χ3n) is 2.18. The number of hydrogen-bond acceptors (Lipinski definition) is 3. The molecule has 0 amide bonds. The molecule has 1 fully saturated rings. The Bertz CT molecular complexity index is 283. The number of rotatable bonds is 2. The molecule has 1 saturated heterocycles. The van der Waals surface area contributed by atoms with Crippen molar-refractivity contribution in [3.8, 4) is 0 Å². The van der Waals surface area contributed by atoms with Crippen molar-refractivity contribution in [3.05, 3.63) is 24.0 Å². The molecule has 1 aliphatic rings. The summed E-state index contributed by atoms with van der Waals surface area (Å²) in [5.74, 6) is 0. The first-order valence-electron chi connectivity index (χ1n) is 5.60. The first-order chi connectivity index (χ1) is 7.34. The molecule has 1 unspecified atom stereocenters. The van der Waals surface area contributed by atoms with Crippen molar-refractivity contribution in [1.29, 1.82) is 0 Å². The molecule has 1 atom stereocenters. The smallest absolute Gasteiger partial charge is 0.0668 e. The summed E-state index contributed by atoms with van der Waals surface area (Å²) in [5.41, 5.74) is 2.28. The van der Waals surface area contributed by atoms with E-state index in [9.17, 15) is 0 Å². The summed E-state index contributed by atoms with van der Waals surface area (Å²) >= 11 is 0. The maximum atomic E-state index is 5.28. The lowest BCUT2D eigenvalue weighted by molar-refractivity contribution is 0.195. The maximum absolute atomic E-state index is 5.28. The van der Waals surface area contributed by atoms with Crippen molar-refractivity contribution in [2.45, 2.75) is 33.2 Å². The minimum Gasteiger partial charge on any atom is -0.379 e. The number of aromatic nitrogens is 1. The monoisotopic (exact) mass is 208 g/mol. The molecule has 0 bridgehead atoms. The van der Waals surface area contributed by atoms with E-state index in [4.69, 9.17) is 4.74 Å². The highest BCUT2D eigenvalue weighted by molar-refractivity contribution is 5.43. The van der Waals surface area contributed by atoms with E-state index in [2.05, 4.69) is 16.4 Å². The van der Waals surface area contributed by atoms with Gasteiger partial charge in [0, 0.05) is 19.0 Å². The minimum absolute atomic E-state index is 0.462. The third-order valence-corrected chi connectivity index (χ3v) is 2.18. The Balaban J connectivity index is 0.000000531. The minimum atomic E-state index is 0.462. The summed E-state index contributed by atoms with van der Waals surface area (Å²) < 4.78 is 5.28. The van der Waals surface area contributed by atoms with Crippen LogP contribution in [0.3, 0.4) is 0 Å². The standard InChI is InChI=1S/C10H14N2O.C2H6/c1-8-4-10(6-11-5-8)12-9-2-3-13-7-9;1-2/h4-6,9,12H,2-3,7H2,1H3;1-2H3. The second-order valence-electron chi connectivity index (χ2n) is 3.46. The van der Waals surface area contributed by atoms with Gasteiger partial charge in [-0.05, 0) is 25.0 Å². The number of nitrogens with zero attached hydrogens (tertiary/aromatic N) is 1. The Morgan fingerprint density at radius 3 is 2.80 bits per heavy atom. The van der Waals surface area contributed by atoms with Gasteiger partial charge in [-0.25, -0.2) is 0 Å². The highest BCUT2D eigenvalue weighted by Gasteiger charge is 2.14. The molecule has 0 aromatic carbocycles. The van der Waals surface area contributed by atoms with Gasteiger partial charge in [-0.1, -0.05) is 13.8 Å². The van der Waals surface area contributed by atoms with Crippen molar-refractivity contribution in [2.75, 3.05) is 18.5 Å². The summed E-state index contributed by atoms with van der Waals surface area (Å²) in [6, 6.07) is 2.56. The van der Waals surface area contributed by atoms with Crippen molar-refractivity contribution in [2.24, 2.45) is 0 Å². The average Bonchev–Trinajstić information content (AvgIpc) is 2.74. The Morgan fingerprint density at radius 1 is 1.40 bits per heavy atom. The van der Waals surface area contributed by atoms with E-state index in [0.29, 0.717) is 6.04 Å². The fraction of sp³-hybridized carbons (Fsp3) is 0.583. The van der Waals surface area contributed by atoms with Gasteiger partial charge < -0.3 is 10.1 Å². The third kappa shape index (κ3) is 3.88. The molecular formula is C12H20N2O. The van der Waals surface area contributed by atoms with Crippen LogP contribution in [0, 0.1) is 6.92 Å². The molecule has 84 valence electrons. The lowest BCUT2D eigenvalue weighted by Crippen LogP contribution is -2.18. The normalized spacial score (nSPS) is 19.3. The van der Waals surface area contributed by atoms with Crippen LogP contribution in [0.4, 0.5) is 5.69 Å². The number of nitrogens with one attached hydrogen (secondary N) is 1. The first-order valence-corrected chi connectivity index (χ1v) is 5.60. The molecule has 0 saturated carbocycles. The highest BCUT2D eigenvalue weighted by atomic mass is 16.5. The fourth-order valence-corrected chi connectivity index (χ4v) is 1.52. The van der Waals surface area contributed by atoms with E-state index in [1.165, 1.54) is 5.56 Å². The molecule has 0 radical (unpaired) electrons. The number of hydrogen-bond donors (Lipinski definition) is 1. The molecule has 1 N–H and O–H groups in total. The van der Waals surface area contributed by atoms with E-state index in [0.717, 1.165) is 25.3 Å². The molecule has 3 nitrogen and oxygen atoms in total. The van der Waals surface area contributed by atoms with E-state index < -0.39 is 0 Å². The average molecular weight is 208 g/mol. The quantitative estimate of drug-likeness (QED) is 0.811. The Hall–Kier alpha value is -1.09. The van der Waals surface area contributed by atoms with E-state index in [1.807, 2.05) is 33.2 Å². The topological polar surface area (TPSA) is 34.2 Å². The largest absolute Gasteiger partial charge is 0.379 e. The van der Waals surface area contributed by atoms with Gasteiger partial charge in [0.15, 0.2) is 0 Å². The van der Waals surface area contributed by atoms with Gasteiger partial charge in [-0.15, -0.1) is 0 Å².